The molecule has 1 fully saturated rings. The first-order chi connectivity index (χ1) is 8.06. The van der Waals surface area contributed by atoms with Crippen LogP contribution in [0.1, 0.15) is 52.9 Å². The van der Waals surface area contributed by atoms with Gasteiger partial charge in [0.25, 0.3) is 0 Å². The fourth-order valence-corrected chi connectivity index (χ4v) is 2.29. The Bertz CT molecular complexity index is 242. The van der Waals surface area contributed by atoms with Crippen LogP contribution >= 0.6 is 0 Å². The monoisotopic (exact) mass is 240 g/mol. The molecule has 1 aliphatic rings. The smallest absolute Gasteiger partial charge is 0.205 e. The second-order valence-corrected chi connectivity index (χ2v) is 5.96. The van der Waals surface area contributed by atoms with Gasteiger partial charge in [0, 0.05) is 13.1 Å². The summed E-state index contributed by atoms with van der Waals surface area (Å²) in [7, 11) is 0. The summed E-state index contributed by atoms with van der Waals surface area (Å²) in [5, 5.41) is 3.24. The standard InChI is InChI=1S/C13H28N4/c1-11(2)9-15-12(17-14)16-10-13(3)7-5-4-6-8-13/h11H,4-10,14H2,1-3H3,(H2,15,16,17). The van der Waals surface area contributed by atoms with Crippen molar-refractivity contribution in [3.63, 3.8) is 0 Å². The number of nitrogens with zero attached hydrogens (tertiary/aromatic N) is 1. The first-order valence-corrected chi connectivity index (χ1v) is 6.81. The lowest BCUT2D eigenvalue weighted by atomic mass is 9.76. The lowest BCUT2D eigenvalue weighted by Gasteiger charge is -2.32. The van der Waals surface area contributed by atoms with E-state index in [2.05, 4.69) is 36.5 Å². The van der Waals surface area contributed by atoms with Crippen molar-refractivity contribution in [3.8, 4) is 0 Å². The molecule has 1 aliphatic carbocycles. The summed E-state index contributed by atoms with van der Waals surface area (Å²) in [6.45, 7) is 8.46. The van der Waals surface area contributed by atoms with Crippen LogP contribution in [0.15, 0.2) is 4.99 Å². The molecule has 0 aliphatic heterocycles. The third kappa shape index (κ3) is 5.39. The number of aliphatic imine (C=N–C) groups is 1. The molecule has 0 aromatic rings. The molecular formula is C13H28N4. The van der Waals surface area contributed by atoms with E-state index in [1.54, 1.807) is 0 Å². The number of rotatable bonds is 4. The molecule has 100 valence electrons. The Labute approximate surface area is 105 Å². The van der Waals surface area contributed by atoms with Crippen LogP contribution in [-0.4, -0.2) is 19.0 Å². The minimum Gasteiger partial charge on any atom is -0.355 e. The minimum atomic E-state index is 0.375. The second-order valence-electron chi connectivity index (χ2n) is 5.96. The Hall–Kier alpha value is -0.770. The average Bonchev–Trinajstić information content (AvgIpc) is 2.30. The van der Waals surface area contributed by atoms with Crippen molar-refractivity contribution >= 4 is 5.96 Å². The van der Waals surface area contributed by atoms with E-state index in [0.717, 1.165) is 19.0 Å². The van der Waals surface area contributed by atoms with E-state index in [4.69, 9.17) is 5.84 Å². The molecule has 0 spiro atoms. The molecule has 0 amide bonds. The van der Waals surface area contributed by atoms with Gasteiger partial charge in [0.2, 0.25) is 5.96 Å². The summed E-state index contributed by atoms with van der Waals surface area (Å²) in [6.07, 6.45) is 6.65. The van der Waals surface area contributed by atoms with Gasteiger partial charge < -0.3 is 5.32 Å². The minimum absolute atomic E-state index is 0.375. The number of guanidine groups is 1. The van der Waals surface area contributed by atoms with E-state index in [1.165, 1.54) is 32.1 Å². The molecule has 0 atom stereocenters. The third-order valence-electron chi connectivity index (χ3n) is 3.49. The van der Waals surface area contributed by atoms with Crippen LogP contribution in [-0.2, 0) is 0 Å². The summed E-state index contributed by atoms with van der Waals surface area (Å²) >= 11 is 0. The van der Waals surface area contributed by atoms with Crippen molar-refractivity contribution in [2.75, 3.05) is 13.1 Å². The van der Waals surface area contributed by atoms with Crippen molar-refractivity contribution in [3.05, 3.63) is 0 Å². The van der Waals surface area contributed by atoms with Gasteiger partial charge in [-0.1, -0.05) is 40.0 Å². The highest BCUT2D eigenvalue weighted by Crippen LogP contribution is 2.35. The zero-order chi connectivity index (χ0) is 12.7. The van der Waals surface area contributed by atoms with Gasteiger partial charge in [-0.3, -0.25) is 10.4 Å². The van der Waals surface area contributed by atoms with Crippen LogP contribution < -0.4 is 16.6 Å². The van der Waals surface area contributed by atoms with Crippen LogP contribution in [0.3, 0.4) is 0 Å². The summed E-state index contributed by atoms with van der Waals surface area (Å²) in [5.74, 6) is 6.80. The van der Waals surface area contributed by atoms with Gasteiger partial charge in [0.15, 0.2) is 0 Å². The molecule has 0 radical (unpaired) electrons. The summed E-state index contributed by atoms with van der Waals surface area (Å²) < 4.78 is 0. The van der Waals surface area contributed by atoms with E-state index in [0.29, 0.717) is 11.3 Å². The fraction of sp³-hybridized carbons (Fsp3) is 0.923. The first-order valence-electron chi connectivity index (χ1n) is 6.81. The van der Waals surface area contributed by atoms with Gasteiger partial charge in [-0.2, -0.15) is 0 Å². The van der Waals surface area contributed by atoms with Gasteiger partial charge in [0.1, 0.15) is 0 Å². The maximum absolute atomic E-state index is 5.47. The predicted molar refractivity (Wildman–Crippen MR) is 73.7 cm³/mol. The zero-order valence-corrected chi connectivity index (χ0v) is 11.6. The SMILES string of the molecule is CC(C)CNC(=NCC1(C)CCCCC1)NN. The van der Waals surface area contributed by atoms with E-state index in [9.17, 15) is 0 Å². The molecule has 1 rings (SSSR count). The molecule has 0 aromatic carbocycles. The van der Waals surface area contributed by atoms with E-state index in [1.807, 2.05) is 0 Å². The number of nitrogens with one attached hydrogen (secondary N) is 2. The van der Waals surface area contributed by atoms with Crippen molar-refractivity contribution in [2.45, 2.75) is 52.9 Å². The number of hydrogen-bond donors (Lipinski definition) is 3. The Balaban J connectivity index is 2.42. The summed E-state index contributed by atoms with van der Waals surface area (Å²) in [6, 6.07) is 0. The highest BCUT2D eigenvalue weighted by molar-refractivity contribution is 5.79. The van der Waals surface area contributed by atoms with Crippen molar-refractivity contribution in [1.29, 1.82) is 0 Å². The summed E-state index contributed by atoms with van der Waals surface area (Å²) in [4.78, 5) is 4.58. The zero-order valence-electron chi connectivity index (χ0n) is 11.6. The van der Waals surface area contributed by atoms with Gasteiger partial charge in [-0.05, 0) is 24.2 Å². The van der Waals surface area contributed by atoms with E-state index in [-0.39, 0.29) is 0 Å². The molecule has 1 saturated carbocycles. The second kappa shape index (κ2) is 6.84. The van der Waals surface area contributed by atoms with E-state index < -0.39 is 0 Å². The van der Waals surface area contributed by atoms with Crippen molar-refractivity contribution < 1.29 is 0 Å². The van der Waals surface area contributed by atoms with Crippen molar-refractivity contribution in [1.82, 2.24) is 10.7 Å². The maximum atomic E-state index is 5.47. The van der Waals surface area contributed by atoms with Crippen LogP contribution in [0.5, 0.6) is 0 Å². The normalized spacial score (nSPS) is 20.4. The molecule has 0 heterocycles. The molecule has 0 bridgehead atoms. The highest BCUT2D eigenvalue weighted by atomic mass is 15.3. The van der Waals surface area contributed by atoms with Gasteiger partial charge in [-0.25, -0.2) is 5.84 Å². The van der Waals surface area contributed by atoms with Crippen LogP contribution in [0, 0.1) is 11.3 Å². The quantitative estimate of drug-likeness (QED) is 0.305. The molecule has 0 aromatic heterocycles. The largest absolute Gasteiger partial charge is 0.355 e. The molecule has 0 unspecified atom stereocenters. The molecular weight excluding hydrogens is 212 g/mol. The van der Waals surface area contributed by atoms with Gasteiger partial charge >= 0.3 is 0 Å². The summed E-state index contributed by atoms with van der Waals surface area (Å²) in [5.41, 5.74) is 3.03. The highest BCUT2D eigenvalue weighted by Gasteiger charge is 2.26. The van der Waals surface area contributed by atoms with E-state index >= 15 is 0 Å². The van der Waals surface area contributed by atoms with Gasteiger partial charge in [-0.15, -0.1) is 0 Å². The Morgan fingerprint density at radius 3 is 2.47 bits per heavy atom. The van der Waals surface area contributed by atoms with Crippen LogP contribution in [0.4, 0.5) is 0 Å². The predicted octanol–water partition coefficient (Wildman–Crippen LogP) is 2.02. The number of hydrogen-bond acceptors (Lipinski definition) is 2. The lowest BCUT2D eigenvalue weighted by Crippen LogP contribution is -2.43. The molecule has 17 heavy (non-hydrogen) atoms. The average molecular weight is 240 g/mol. The molecule has 4 nitrogen and oxygen atoms in total. The molecule has 0 saturated heterocycles. The Kier molecular flexibility index (Phi) is 5.75. The Morgan fingerprint density at radius 1 is 1.29 bits per heavy atom. The third-order valence-corrected chi connectivity index (χ3v) is 3.49. The molecule has 4 N–H and O–H groups in total. The van der Waals surface area contributed by atoms with Crippen LogP contribution in [0.2, 0.25) is 0 Å². The first kappa shape index (κ1) is 14.3. The van der Waals surface area contributed by atoms with Gasteiger partial charge in [0.05, 0.1) is 0 Å². The van der Waals surface area contributed by atoms with Crippen molar-refractivity contribution in [2.24, 2.45) is 22.2 Å². The lowest BCUT2D eigenvalue weighted by molar-refractivity contribution is 0.226. The van der Waals surface area contributed by atoms with Crippen LogP contribution in [0.25, 0.3) is 0 Å². The number of hydrazine groups is 1. The Morgan fingerprint density at radius 2 is 1.94 bits per heavy atom. The molecule has 4 heteroatoms. The fourth-order valence-electron chi connectivity index (χ4n) is 2.29. The number of nitrogens with two attached hydrogens (primary N) is 1. The maximum Gasteiger partial charge on any atom is 0.205 e. The topological polar surface area (TPSA) is 62.4 Å².